The lowest BCUT2D eigenvalue weighted by Crippen LogP contribution is -2.16. The number of carbonyl (C=O) groups is 1. The van der Waals surface area contributed by atoms with Crippen molar-refractivity contribution in [2.75, 3.05) is 5.73 Å². The Morgan fingerprint density at radius 3 is 2.56 bits per heavy atom. The molecule has 1 amide bonds. The van der Waals surface area contributed by atoms with Gasteiger partial charge in [0.05, 0.1) is 6.10 Å². The summed E-state index contributed by atoms with van der Waals surface area (Å²) in [7, 11) is 0. The average Bonchev–Trinajstić information content (AvgIpc) is 2.20. The molecule has 0 aliphatic carbocycles. The first kappa shape index (κ1) is 12.9. The molecule has 0 aliphatic rings. The smallest absolute Gasteiger partial charge is 0.248 e. The topological polar surface area (TPSA) is 89.3 Å². The van der Waals surface area contributed by atoms with Crippen LogP contribution in [0.4, 0.5) is 5.69 Å². The van der Waals surface area contributed by atoms with Crippen molar-refractivity contribution in [3.8, 4) is 0 Å². The maximum Gasteiger partial charge on any atom is 0.248 e. The fourth-order valence-corrected chi connectivity index (χ4v) is 2.09. The second-order valence-corrected chi connectivity index (χ2v) is 5.10. The van der Waals surface area contributed by atoms with Gasteiger partial charge in [-0.1, -0.05) is 6.92 Å². The van der Waals surface area contributed by atoms with Gasteiger partial charge in [-0.05, 0) is 25.1 Å². The molecule has 0 heterocycles. The molecule has 0 saturated carbocycles. The zero-order valence-electron chi connectivity index (χ0n) is 9.31. The van der Waals surface area contributed by atoms with Gasteiger partial charge in [0.25, 0.3) is 0 Å². The van der Waals surface area contributed by atoms with Crippen LogP contribution in [0, 0.1) is 0 Å². The summed E-state index contributed by atoms with van der Waals surface area (Å²) in [6, 6.07) is 4.90. The third-order valence-corrected chi connectivity index (χ3v) is 3.66. The van der Waals surface area contributed by atoms with E-state index in [1.807, 2.05) is 6.92 Å². The van der Waals surface area contributed by atoms with Crippen LogP contribution >= 0.6 is 11.8 Å². The Morgan fingerprint density at radius 1 is 1.44 bits per heavy atom. The molecule has 2 atom stereocenters. The summed E-state index contributed by atoms with van der Waals surface area (Å²) in [6.45, 7) is 3.61. The van der Waals surface area contributed by atoms with Crippen molar-refractivity contribution in [3.63, 3.8) is 0 Å². The molecular formula is C11H16N2O2S. The van der Waals surface area contributed by atoms with Crippen molar-refractivity contribution in [1.29, 1.82) is 0 Å². The number of hydrogen-bond donors (Lipinski definition) is 3. The molecule has 1 aromatic rings. The Bertz CT molecular complexity index is 394. The van der Waals surface area contributed by atoms with Gasteiger partial charge in [0.15, 0.2) is 0 Å². The van der Waals surface area contributed by atoms with Gasteiger partial charge in [0, 0.05) is 21.4 Å². The van der Waals surface area contributed by atoms with E-state index in [-0.39, 0.29) is 5.25 Å². The predicted octanol–water partition coefficient (Wildman–Crippen LogP) is 1.23. The Hall–Kier alpha value is -1.20. The summed E-state index contributed by atoms with van der Waals surface area (Å²) in [5, 5.41) is 9.40. The van der Waals surface area contributed by atoms with Crippen molar-refractivity contribution < 1.29 is 9.90 Å². The number of nitrogen functional groups attached to an aromatic ring is 1. The molecule has 0 radical (unpaired) electrons. The van der Waals surface area contributed by atoms with Crippen LogP contribution in [0.1, 0.15) is 24.2 Å². The Morgan fingerprint density at radius 2 is 2.06 bits per heavy atom. The number of hydrogen-bond acceptors (Lipinski definition) is 4. The van der Waals surface area contributed by atoms with Crippen molar-refractivity contribution in [3.05, 3.63) is 23.8 Å². The fourth-order valence-electron chi connectivity index (χ4n) is 1.09. The molecule has 0 saturated heterocycles. The lowest BCUT2D eigenvalue weighted by molar-refractivity contribution is 0.1000. The highest BCUT2D eigenvalue weighted by atomic mass is 32.2. The fraction of sp³-hybridized carbons (Fsp3) is 0.364. The molecule has 1 aromatic carbocycles. The van der Waals surface area contributed by atoms with Crippen molar-refractivity contribution in [2.24, 2.45) is 5.73 Å². The number of anilines is 1. The normalized spacial score (nSPS) is 14.4. The SMILES string of the molecule is CC(O)C(C)Sc1cc(C(N)=O)ccc1N. The van der Waals surface area contributed by atoms with E-state index >= 15 is 0 Å². The number of nitrogens with two attached hydrogens (primary N) is 2. The number of carbonyl (C=O) groups excluding carboxylic acids is 1. The van der Waals surface area contributed by atoms with E-state index in [1.165, 1.54) is 11.8 Å². The molecule has 0 fully saturated rings. The molecule has 16 heavy (non-hydrogen) atoms. The summed E-state index contributed by atoms with van der Waals surface area (Å²) < 4.78 is 0. The lowest BCUT2D eigenvalue weighted by atomic mass is 10.2. The van der Waals surface area contributed by atoms with E-state index in [4.69, 9.17) is 11.5 Å². The van der Waals surface area contributed by atoms with Crippen LogP contribution in [-0.2, 0) is 0 Å². The van der Waals surface area contributed by atoms with E-state index in [2.05, 4.69) is 0 Å². The minimum atomic E-state index is -0.480. The molecular weight excluding hydrogens is 224 g/mol. The summed E-state index contributed by atoms with van der Waals surface area (Å²) in [6.07, 6.45) is -0.443. The average molecular weight is 240 g/mol. The number of aliphatic hydroxyl groups excluding tert-OH is 1. The van der Waals surface area contributed by atoms with Crippen LogP contribution in [0.3, 0.4) is 0 Å². The summed E-state index contributed by atoms with van der Waals surface area (Å²) in [5.41, 5.74) is 12.0. The second-order valence-electron chi connectivity index (χ2n) is 3.68. The number of thioether (sulfide) groups is 1. The van der Waals surface area contributed by atoms with Gasteiger partial charge in [-0.15, -0.1) is 11.8 Å². The van der Waals surface area contributed by atoms with Crippen LogP contribution in [0.2, 0.25) is 0 Å². The Labute approximate surface area is 99.0 Å². The van der Waals surface area contributed by atoms with E-state index in [9.17, 15) is 9.90 Å². The van der Waals surface area contributed by atoms with Crippen molar-refractivity contribution >= 4 is 23.4 Å². The monoisotopic (exact) mass is 240 g/mol. The van der Waals surface area contributed by atoms with E-state index in [1.54, 1.807) is 25.1 Å². The molecule has 0 bridgehead atoms. The quantitative estimate of drug-likeness (QED) is 0.545. The predicted molar refractivity (Wildman–Crippen MR) is 66.4 cm³/mol. The summed E-state index contributed by atoms with van der Waals surface area (Å²) >= 11 is 1.43. The highest BCUT2D eigenvalue weighted by Gasteiger charge is 2.13. The first-order valence-electron chi connectivity index (χ1n) is 4.96. The maximum absolute atomic E-state index is 11.0. The number of amides is 1. The van der Waals surface area contributed by atoms with Crippen LogP contribution < -0.4 is 11.5 Å². The van der Waals surface area contributed by atoms with E-state index in [0.29, 0.717) is 11.3 Å². The lowest BCUT2D eigenvalue weighted by Gasteiger charge is -2.15. The van der Waals surface area contributed by atoms with Crippen LogP contribution in [0.5, 0.6) is 0 Å². The third kappa shape index (κ3) is 3.15. The highest BCUT2D eigenvalue weighted by Crippen LogP contribution is 2.30. The molecule has 0 aliphatic heterocycles. The number of aliphatic hydroxyl groups is 1. The van der Waals surface area contributed by atoms with Gasteiger partial charge < -0.3 is 16.6 Å². The Kier molecular flexibility index (Phi) is 4.20. The summed E-state index contributed by atoms with van der Waals surface area (Å²) in [5.74, 6) is -0.480. The molecule has 5 heteroatoms. The van der Waals surface area contributed by atoms with Gasteiger partial charge in [-0.2, -0.15) is 0 Å². The molecule has 1 rings (SSSR count). The van der Waals surface area contributed by atoms with Gasteiger partial charge >= 0.3 is 0 Å². The van der Waals surface area contributed by atoms with Crippen LogP contribution in [0.25, 0.3) is 0 Å². The highest BCUT2D eigenvalue weighted by molar-refractivity contribution is 8.00. The molecule has 5 N–H and O–H groups in total. The molecule has 4 nitrogen and oxygen atoms in total. The molecule has 0 aromatic heterocycles. The van der Waals surface area contributed by atoms with Crippen LogP contribution in [0.15, 0.2) is 23.1 Å². The van der Waals surface area contributed by atoms with E-state index < -0.39 is 12.0 Å². The molecule has 88 valence electrons. The molecule has 2 unspecified atom stereocenters. The first-order chi connectivity index (χ1) is 7.41. The van der Waals surface area contributed by atoms with Gasteiger partial charge in [-0.25, -0.2) is 0 Å². The van der Waals surface area contributed by atoms with Crippen LogP contribution in [-0.4, -0.2) is 22.4 Å². The summed E-state index contributed by atoms with van der Waals surface area (Å²) in [4.78, 5) is 11.8. The van der Waals surface area contributed by atoms with Crippen molar-refractivity contribution in [2.45, 2.75) is 30.1 Å². The maximum atomic E-state index is 11.0. The zero-order valence-corrected chi connectivity index (χ0v) is 10.1. The minimum absolute atomic E-state index is 0.00502. The zero-order chi connectivity index (χ0) is 12.3. The number of primary amides is 1. The standard InChI is InChI=1S/C11H16N2O2S/c1-6(14)7(2)16-10-5-8(11(13)15)3-4-9(10)12/h3-7,14H,12H2,1-2H3,(H2,13,15). The minimum Gasteiger partial charge on any atom is -0.398 e. The van der Waals surface area contributed by atoms with E-state index in [0.717, 1.165) is 4.90 Å². The second kappa shape index (κ2) is 5.23. The van der Waals surface area contributed by atoms with Crippen molar-refractivity contribution in [1.82, 2.24) is 0 Å². The number of rotatable bonds is 4. The first-order valence-corrected chi connectivity index (χ1v) is 5.84. The molecule has 0 spiro atoms. The Balaban J connectivity index is 2.94. The van der Waals surface area contributed by atoms with Gasteiger partial charge in [0.2, 0.25) is 5.91 Å². The van der Waals surface area contributed by atoms with Gasteiger partial charge in [0.1, 0.15) is 0 Å². The third-order valence-electron chi connectivity index (χ3n) is 2.29. The van der Waals surface area contributed by atoms with Gasteiger partial charge in [-0.3, -0.25) is 4.79 Å². The largest absolute Gasteiger partial charge is 0.398 e. The number of benzene rings is 1.